The zero-order chi connectivity index (χ0) is 20.7. The molecule has 0 saturated carbocycles. The van der Waals surface area contributed by atoms with Gasteiger partial charge >= 0.3 is 6.03 Å². The Morgan fingerprint density at radius 2 is 1.66 bits per heavy atom. The molecule has 3 aromatic rings. The average molecular weight is 437 g/mol. The van der Waals surface area contributed by atoms with Gasteiger partial charge in [-0.1, -0.05) is 29.8 Å². The van der Waals surface area contributed by atoms with Crippen LogP contribution in [-0.2, 0) is 17.5 Å². The molecule has 0 N–H and O–H groups in total. The predicted octanol–water partition coefficient (Wildman–Crippen LogP) is 5.43. The van der Waals surface area contributed by atoms with Crippen molar-refractivity contribution in [1.29, 1.82) is 0 Å². The van der Waals surface area contributed by atoms with Gasteiger partial charge in [-0.25, -0.2) is 26.5 Å². The number of amides is 2. The van der Waals surface area contributed by atoms with E-state index in [1.165, 1.54) is 24.3 Å². The summed E-state index contributed by atoms with van der Waals surface area (Å²) in [5.41, 5.74) is -0.166. The van der Waals surface area contributed by atoms with E-state index in [2.05, 4.69) is 0 Å². The molecule has 1 unspecified atom stereocenters. The Morgan fingerprint density at radius 3 is 2.41 bits per heavy atom. The van der Waals surface area contributed by atoms with E-state index in [1.807, 2.05) is 0 Å². The number of carbonyl (C=O) groups is 1. The topological polar surface area (TPSA) is 40.6 Å². The molecule has 0 aromatic heterocycles. The summed E-state index contributed by atoms with van der Waals surface area (Å²) in [4.78, 5) is 14.5. The number of anilines is 2. The predicted molar refractivity (Wildman–Crippen MR) is 105 cm³/mol. The van der Waals surface area contributed by atoms with Crippen LogP contribution in [0, 0.1) is 17.5 Å². The molecule has 0 saturated heterocycles. The molecule has 0 spiro atoms. The molecule has 4 rings (SSSR count). The minimum Gasteiger partial charge on any atom is -0.287 e. The molecular formula is C20H12ClF3N2O2S. The minimum absolute atomic E-state index is 0.0460. The molecule has 0 radical (unpaired) electrons. The molecule has 1 heterocycles. The molecule has 0 fully saturated rings. The molecule has 148 valence electrons. The standard InChI is InChI=1S/C20H12ClF3N2O2S/c21-14-4-3-5-15(23)13(14)11-25-17-6-1-2-7-19(17)29(28)26(20(25)27)18-10-12(22)8-9-16(18)24/h1-10H,11H2. The van der Waals surface area contributed by atoms with E-state index < -0.39 is 40.2 Å². The second kappa shape index (κ2) is 7.53. The van der Waals surface area contributed by atoms with Crippen LogP contribution in [0.1, 0.15) is 5.56 Å². The molecule has 1 aliphatic heterocycles. The van der Waals surface area contributed by atoms with Gasteiger partial charge in [-0.05, 0) is 36.4 Å². The number of hydrogen-bond acceptors (Lipinski definition) is 2. The minimum atomic E-state index is -2.13. The molecule has 2 amide bonds. The fraction of sp³-hybridized carbons (Fsp3) is 0.0500. The van der Waals surface area contributed by atoms with E-state index >= 15 is 0 Å². The van der Waals surface area contributed by atoms with Crippen LogP contribution in [-0.4, -0.2) is 10.2 Å². The Kier molecular flexibility index (Phi) is 5.06. The van der Waals surface area contributed by atoms with Crippen molar-refractivity contribution in [1.82, 2.24) is 0 Å². The number of rotatable bonds is 3. The van der Waals surface area contributed by atoms with E-state index in [4.69, 9.17) is 11.6 Å². The Balaban J connectivity index is 1.87. The second-order valence-corrected chi connectivity index (χ2v) is 7.89. The average Bonchev–Trinajstić information content (AvgIpc) is 2.70. The maximum atomic E-state index is 14.4. The zero-order valence-corrected chi connectivity index (χ0v) is 16.2. The second-order valence-electron chi connectivity index (χ2n) is 6.18. The lowest BCUT2D eigenvalue weighted by molar-refractivity contribution is 0.253. The number of hydrogen-bond donors (Lipinski definition) is 0. The lowest BCUT2D eigenvalue weighted by Gasteiger charge is -2.36. The van der Waals surface area contributed by atoms with E-state index in [1.54, 1.807) is 18.2 Å². The van der Waals surface area contributed by atoms with Gasteiger partial charge in [-0.15, -0.1) is 0 Å². The van der Waals surface area contributed by atoms with Crippen LogP contribution in [0.25, 0.3) is 0 Å². The van der Waals surface area contributed by atoms with Crippen molar-refractivity contribution >= 4 is 40.0 Å². The molecule has 4 nitrogen and oxygen atoms in total. The van der Waals surface area contributed by atoms with Crippen LogP contribution < -0.4 is 9.21 Å². The van der Waals surface area contributed by atoms with Crippen LogP contribution >= 0.6 is 11.6 Å². The van der Waals surface area contributed by atoms with Crippen molar-refractivity contribution in [2.75, 3.05) is 9.21 Å². The summed E-state index contributed by atoms with van der Waals surface area (Å²) >= 11 is 6.09. The summed E-state index contributed by atoms with van der Waals surface area (Å²) in [6.07, 6.45) is 0. The number of para-hydroxylation sites is 1. The van der Waals surface area contributed by atoms with Crippen LogP contribution in [0.4, 0.5) is 29.3 Å². The summed E-state index contributed by atoms with van der Waals surface area (Å²) in [6.45, 7) is -0.286. The summed E-state index contributed by atoms with van der Waals surface area (Å²) in [5.74, 6) is -2.34. The third-order valence-corrected chi connectivity index (χ3v) is 6.18. The van der Waals surface area contributed by atoms with Crippen molar-refractivity contribution in [3.05, 3.63) is 88.7 Å². The molecule has 3 aromatic carbocycles. The quantitative estimate of drug-likeness (QED) is 0.549. The fourth-order valence-corrected chi connectivity index (χ4v) is 4.57. The summed E-state index contributed by atoms with van der Waals surface area (Å²) in [5, 5.41) is 0.102. The zero-order valence-electron chi connectivity index (χ0n) is 14.6. The summed E-state index contributed by atoms with van der Waals surface area (Å²) in [7, 11) is -2.13. The highest BCUT2D eigenvalue weighted by molar-refractivity contribution is 7.87. The first kappa shape index (κ1) is 19.5. The number of benzene rings is 3. The molecule has 1 aliphatic rings. The highest BCUT2D eigenvalue weighted by atomic mass is 35.5. The third kappa shape index (κ3) is 3.38. The summed E-state index contributed by atoms with van der Waals surface area (Å²) in [6, 6.07) is 12.0. The Bertz CT molecular complexity index is 1140. The van der Waals surface area contributed by atoms with Gasteiger partial charge in [0.2, 0.25) is 0 Å². The maximum Gasteiger partial charge on any atom is 0.341 e. The van der Waals surface area contributed by atoms with Crippen molar-refractivity contribution in [3.63, 3.8) is 0 Å². The number of fused-ring (bicyclic) bond motifs is 1. The van der Waals surface area contributed by atoms with Gasteiger partial charge in [-0.2, -0.15) is 0 Å². The van der Waals surface area contributed by atoms with Crippen molar-refractivity contribution in [2.45, 2.75) is 11.4 Å². The molecular weight excluding hydrogens is 425 g/mol. The Morgan fingerprint density at radius 1 is 0.897 bits per heavy atom. The highest BCUT2D eigenvalue weighted by Crippen LogP contribution is 2.37. The molecule has 1 atom stereocenters. The van der Waals surface area contributed by atoms with Gasteiger partial charge in [0.25, 0.3) is 0 Å². The van der Waals surface area contributed by atoms with Crippen LogP contribution in [0.3, 0.4) is 0 Å². The van der Waals surface area contributed by atoms with Crippen LogP contribution in [0.5, 0.6) is 0 Å². The Hall–Kier alpha value is -2.84. The molecule has 0 bridgehead atoms. The summed E-state index contributed by atoms with van der Waals surface area (Å²) < 4.78 is 56.1. The molecule has 0 aliphatic carbocycles. The van der Waals surface area contributed by atoms with Crippen LogP contribution in [0.2, 0.25) is 5.02 Å². The van der Waals surface area contributed by atoms with Crippen LogP contribution in [0.15, 0.2) is 65.6 Å². The largest absolute Gasteiger partial charge is 0.341 e. The SMILES string of the molecule is O=C1N(Cc2c(F)cccc2Cl)c2ccccc2S(=O)N1c1cc(F)ccc1F. The lowest BCUT2D eigenvalue weighted by atomic mass is 10.1. The number of urea groups is 1. The molecule has 29 heavy (non-hydrogen) atoms. The normalized spacial score (nSPS) is 16.1. The number of carbonyl (C=O) groups excluding carboxylic acids is 1. The smallest absolute Gasteiger partial charge is 0.287 e. The van der Waals surface area contributed by atoms with E-state index in [0.29, 0.717) is 4.31 Å². The van der Waals surface area contributed by atoms with Crippen molar-refractivity contribution < 1.29 is 22.2 Å². The van der Waals surface area contributed by atoms with Gasteiger partial charge < -0.3 is 0 Å². The third-order valence-electron chi connectivity index (χ3n) is 4.42. The monoisotopic (exact) mass is 436 g/mol. The van der Waals surface area contributed by atoms with E-state index in [0.717, 1.165) is 23.1 Å². The fourth-order valence-electron chi connectivity index (χ4n) is 3.04. The van der Waals surface area contributed by atoms with Gasteiger partial charge in [0.15, 0.2) is 11.0 Å². The molecule has 9 heteroatoms. The maximum absolute atomic E-state index is 14.4. The van der Waals surface area contributed by atoms with Crippen molar-refractivity contribution in [2.24, 2.45) is 0 Å². The number of nitrogens with zero attached hydrogens (tertiary/aromatic N) is 2. The first-order valence-electron chi connectivity index (χ1n) is 8.39. The van der Waals surface area contributed by atoms with Gasteiger partial charge in [0.05, 0.1) is 22.8 Å². The lowest BCUT2D eigenvalue weighted by Crippen LogP contribution is -2.48. The first-order valence-corrected chi connectivity index (χ1v) is 9.87. The van der Waals surface area contributed by atoms with Gasteiger partial charge in [0.1, 0.15) is 17.5 Å². The van der Waals surface area contributed by atoms with Gasteiger partial charge in [-0.3, -0.25) is 4.90 Å². The Labute approximate surface area is 171 Å². The highest BCUT2D eigenvalue weighted by Gasteiger charge is 2.38. The number of halogens is 4. The van der Waals surface area contributed by atoms with E-state index in [-0.39, 0.29) is 27.7 Å². The van der Waals surface area contributed by atoms with Crippen molar-refractivity contribution in [3.8, 4) is 0 Å². The van der Waals surface area contributed by atoms with E-state index in [9.17, 15) is 22.2 Å². The van der Waals surface area contributed by atoms with Gasteiger partial charge in [0, 0.05) is 16.7 Å². The first-order chi connectivity index (χ1) is 13.9.